The number of nitrogens with two attached hydrogens (primary N) is 1. The van der Waals surface area contributed by atoms with Gasteiger partial charge in [0.15, 0.2) is 5.69 Å². The average molecular weight is 265 g/mol. The lowest BCUT2D eigenvalue weighted by molar-refractivity contribution is 0.0935. The fourth-order valence-corrected chi connectivity index (χ4v) is 2.26. The van der Waals surface area contributed by atoms with E-state index in [1.54, 1.807) is 22.2 Å². The van der Waals surface area contributed by atoms with Crippen molar-refractivity contribution >= 4 is 17.2 Å². The third kappa shape index (κ3) is 2.93. The molecule has 0 aliphatic carbocycles. The molecular formula is C11H15N5OS. The lowest BCUT2D eigenvalue weighted by Gasteiger charge is -2.10. The first-order valence-corrected chi connectivity index (χ1v) is 6.53. The second-order valence-electron chi connectivity index (χ2n) is 3.87. The molecule has 0 radical (unpaired) electrons. The Morgan fingerprint density at radius 2 is 2.50 bits per heavy atom. The monoisotopic (exact) mass is 265 g/mol. The van der Waals surface area contributed by atoms with E-state index in [4.69, 9.17) is 5.73 Å². The third-order valence-electron chi connectivity index (χ3n) is 2.45. The van der Waals surface area contributed by atoms with Gasteiger partial charge in [-0.25, -0.2) is 0 Å². The Hall–Kier alpha value is -1.73. The molecule has 18 heavy (non-hydrogen) atoms. The number of thiophene rings is 1. The van der Waals surface area contributed by atoms with Crippen LogP contribution in [0.4, 0.5) is 0 Å². The van der Waals surface area contributed by atoms with Gasteiger partial charge in [-0.1, -0.05) is 11.3 Å². The summed E-state index contributed by atoms with van der Waals surface area (Å²) < 4.78 is 1.56. The molecular weight excluding hydrogens is 250 g/mol. The zero-order chi connectivity index (χ0) is 13.0. The summed E-state index contributed by atoms with van der Waals surface area (Å²) in [7, 11) is 0. The van der Waals surface area contributed by atoms with E-state index in [-0.39, 0.29) is 11.9 Å². The SMILES string of the molecule is CC(NC(=O)c1cn(CCN)nn1)c1cccs1. The highest BCUT2D eigenvalue weighted by Gasteiger charge is 2.14. The van der Waals surface area contributed by atoms with Gasteiger partial charge in [0.2, 0.25) is 0 Å². The first-order valence-electron chi connectivity index (χ1n) is 5.65. The summed E-state index contributed by atoms with van der Waals surface area (Å²) in [4.78, 5) is 13.0. The zero-order valence-electron chi connectivity index (χ0n) is 10.0. The molecule has 2 aromatic rings. The van der Waals surface area contributed by atoms with Gasteiger partial charge in [-0.15, -0.1) is 16.4 Å². The summed E-state index contributed by atoms with van der Waals surface area (Å²) in [6.45, 7) is 2.96. The Kier molecular flexibility index (Phi) is 4.06. The Morgan fingerprint density at radius 1 is 1.67 bits per heavy atom. The molecule has 0 aliphatic rings. The van der Waals surface area contributed by atoms with Crippen molar-refractivity contribution in [3.05, 3.63) is 34.3 Å². The predicted octanol–water partition coefficient (Wildman–Crippen LogP) is 0.789. The second-order valence-corrected chi connectivity index (χ2v) is 4.85. The molecule has 0 fully saturated rings. The number of aromatic nitrogens is 3. The first kappa shape index (κ1) is 12.7. The first-order chi connectivity index (χ1) is 8.70. The molecule has 0 saturated carbocycles. The average Bonchev–Trinajstić information content (AvgIpc) is 3.00. The molecule has 0 aromatic carbocycles. The summed E-state index contributed by atoms with van der Waals surface area (Å²) in [5, 5.41) is 12.5. The standard InChI is InChI=1S/C11H15N5OS/c1-8(10-3-2-6-18-10)13-11(17)9-7-16(5-4-12)15-14-9/h2-3,6-8H,4-5,12H2,1H3,(H,13,17). The van der Waals surface area contributed by atoms with Gasteiger partial charge in [-0.2, -0.15) is 0 Å². The normalized spacial score (nSPS) is 12.3. The van der Waals surface area contributed by atoms with E-state index in [0.717, 1.165) is 4.88 Å². The number of hydrogen-bond donors (Lipinski definition) is 2. The van der Waals surface area contributed by atoms with Crippen molar-refractivity contribution in [2.24, 2.45) is 5.73 Å². The summed E-state index contributed by atoms with van der Waals surface area (Å²) >= 11 is 1.61. The molecule has 7 heteroatoms. The van der Waals surface area contributed by atoms with Crippen LogP contribution in [0.1, 0.15) is 28.3 Å². The molecule has 0 spiro atoms. The fraction of sp³-hybridized carbons (Fsp3) is 0.364. The van der Waals surface area contributed by atoms with Crippen LogP contribution in [0.5, 0.6) is 0 Å². The van der Waals surface area contributed by atoms with E-state index in [2.05, 4.69) is 15.6 Å². The van der Waals surface area contributed by atoms with Crippen LogP contribution in [-0.2, 0) is 6.54 Å². The molecule has 0 saturated heterocycles. The Bertz CT molecular complexity index is 507. The minimum Gasteiger partial charge on any atom is -0.343 e. The topological polar surface area (TPSA) is 85.8 Å². The van der Waals surface area contributed by atoms with Crippen LogP contribution in [0.25, 0.3) is 0 Å². The van der Waals surface area contributed by atoms with Gasteiger partial charge in [0, 0.05) is 11.4 Å². The van der Waals surface area contributed by atoms with Crippen molar-refractivity contribution in [2.45, 2.75) is 19.5 Å². The number of nitrogens with one attached hydrogen (secondary N) is 1. The largest absolute Gasteiger partial charge is 0.343 e. The van der Waals surface area contributed by atoms with E-state index < -0.39 is 0 Å². The van der Waals surface area contributed by atoms with Crippen molar-refractivity contribution < 1.29 is 4.79 Å². The molecule has 2 aromatic heterocycles. The summed E-state index contributed by atoms with van der Waals surface area (Å²) in [6, 6.07) is 3.92. The van der Waals surface area contributed by atoms with Crippen molar-refractivity contribution in [1.29, 1.82) is 0 Å². The summed E-state index contributed by atoms with van der Waals surface area (Å²) in [5.74, 6) is -0.223. The van der Waals surface area contributed by atoms with Crippen molar-refractivity contribution in [3.63, 3.8) is 0 Å². The maximum atomic E-state index is 11.9. The second kappa shape index (κ2) is 5.74. The zero-order valence-corrected chi connectivity index (χ0v) is 10.9. The molecule has 2 rings (SSSR count). The van der Waals surface area contributed by atoms with Gasteiger partial charge in [-0.3, -0.25) is 9.48 Å². The Balaban J connectivity index is 1.98. The maximum Gasteiger partial charge on any atom is 0.273 e. The van der Waals surface area contributed by atoms with Gasteiger partial charge in [-0.05, 0) is 18.4 Å². The minimum atomic E-state index is -0.223. The van der Waals surface area contributed by atoms with Crippen LogP contribution in [0.15, 0.2) is 23.7 Å². The number of carbonyl (C=O) groups is 1. The van der Waals surface area contributed by atoms with E-state index in [9.17, 15) is 4.79 Å². The van der Waals surface area contributed by atoms with E-state index in [0.29, 0.717) is 18.8 Å². The van der Waals surface area contributed by atoms with Crippen LogP contribution in [-0.4, -0.2) is 27.4 Å². The number of rotatable bonds is 5. The number of nitrogens with zero attached hydrogens (tertiary/aromatic N) is 3. The molecule has 0 aliphatic heterocycles. The predicted molar refractivity (Wildman–Crippen MR) is 69.3 cm³/mol. The molecule has 2 heterocycles. The van der Waals surface area contributed by atoms with E-state index in [1.165, 1.54) is 0 Å². The van der Waals surface area contributed by atoms with Crippen molar-refractivity contribution in [2.75, 3.05) is 6.54 Å². The van der Waals surface area contributed by atoms with Gasteiger partial charge >= 0.3 is 0 Å². The van der Waals surface area contributed by atoms with Crippen molar-refractivity contribution in [1.82, 2.24) is 20.3 Å². The molecule has 1 amide bonds. The quantitative estimate of drug-likeness (QED) is 0.837. The molecule has 6 nitrogen and oxygen atoms in total. The maximum absolute atomic E-state index is 11.9. The number of hydrogen-bond acceptors (Lipinski definition) is 5. The lowest BCUT2D eigenvalue weighted by atomic mass is 10.2. The summed E-state index contributed by atoms with van der Waals surface area (Å²) in [5.41, 5.74) is 5.71. The number of carbonyl (C=O) groups excluding carboxylic acids is 1. The van der Waals surface area contributed by atoms with Crippen molar-refractivity contribution in [3.8, 4) is 0 Å². The lowest BCUT2D eigenvalue weighted by Crippen LogP contribution is -2.26. The molecule has 1 unspecified atom stereocenters. The highest BCUT2D eigenvalue weighted by Crippen LogP contribution is 2.18. The molecule has 96 valence electrons. The smallest absolute Gasteiger partial charge is 0.273 e. The van der Waals surface area contributed by atoms with Gasteiger partial charge in [0.25, 0.3) is 5.91 Å². The van der Waals surface area contributed by atoms with Crippen LogP contribution >= 0.6 is 11.3 Å². The van der Waals surface area contributed by atoms with Crippen LogP contribution in [0.3, 0.4) is 0 Å². The van der Waals surface area contributed by atoms with E-state index in [1.807, 2.05) is 24.4 Å². The van der Waals surface area contributed by atoms with E-state index >= 15 is 0 Å². The Morgan fingerprint density at radius 3 is 3.17 bits per heavy atom. The number of amides is 1. The highest BCUT2D eigenvalue weighted by molar-refractivity contribution is 7.10. The van der Waals surface area contributed by atoms with Crippen LogP contribution in [0, 0.1) is 0 Å². The molecule has 0 bridgehead atoms. The molecule has 3 N–H and O–H groups in total. The molecule has 1 atom stereocenters. The van der Waals surface area contributed by atoms with Gasteiger partial charge < -0.3 is 11.1 Å². The third-order valence-corrected chi connectivity index (χ3v) is 3.50. The van der Waals surface area contributed by atoms with Crippen LogP contribution in [0.2, 0.25) is 0 Å². The Labute approximate surface area is 109 Å². The fourth-order valence-electron chi connectivity index (χ4n) is 1.52. The van der Waals surface area contributed by atoms with Crippen LogP contribution < -0.4 is 11.1 Å². The minimum absolute atomic E-state index is 0.0304. The highest BCUT2D eigenvalue weighted by atomic mass is 32.1. The van der Waals surface area contributed by atoms with Gasteiger partial charge in [0.05, 0.1) is 18.8 Å². The summed E-state index contributed by atoms with van der Waals surface area (Å²) in [6.07, 6.45) is 1.60. The van der Waals surface area contributed by atoms with Gasteiger partial charge in [0.1, 0.15) is 0 Å².